The molecule has 3 nitrogen and oxygen atoms in total. The van der Waals surface area contributed by atoms with Crippen LogP contribution in [0, 0.1) is 5.92 Å². The van der Waals surface area contributed by atoms with Gasteiger partial charge in [-0.1, -0.05) is 39.0 Å². The summed E-state index contributed by atoms with van der Waals surface area (Å²) in [6, 6.07) is 2.69. The van der Waals surface area contributed by atoms with Crippen LogP contribution < -0.4 is 0 Å². The maximum atomic E-state index is 13.3. The Morgan fingerprint density at radius 2 is 2.00 bits per heavy atom. The number of fused-ring (bicyclic) bond motifs is 1. The third-order valence-electron chi connectivity index (χ3n) is 6.62. The predicted molar refractivity (Wildman–Crippen MR) is 114 cm³/mol. The molecule has 27 heavy (non-hydrogen) atoms. The zero-order chi connectivity index (χ0) is 19.1. The van der Waals surface area contributed by atoms with Crippen LogP contribution >= 0.6 is 11.3 Å². The third-order valence-corrected chi connectivity index (χ3v) is 7.72. The number of carbonyl (C=O) groups excluding carboxylic acids is 1. The van der Waals surface area contributed by atoms with Crippen LogP contribution in [0.3, 0.4) is 0 Å². The summed E-state index contributed by atoms with van der Waals surface area (Å²) < 4.78 is 0. The molecule has 2 aliphatic rings. The number of likely N-dealkylation sites (tertiary alicyclic amines) is 1. The van der Waals surface area contributed by atoms with Crippen LogP contribution in [-0.2, 0) is 0 Å². The fourth-order valence-electron chi connectivity index (χ4n) is 5.18. The van der Waals surface area contributed by atoms with E-state index in [9.17, 15) is 4.79 Å². The van der Waals surface area contributed by atoms with Crippen molar-refractivity contribution < 1.29 is 9.90 Å². The normalized spacial score (nSPS) is 23.9. The largest absolute Gasteiger partial charge is 0.396 e. The van der Waals surface area contributed by atoms with E-state index in [2.05, 4.69) is 23.3 Å². The number of aliphatic hydroxyl groups excluding tert-OH is 1. The van der Waals surface area contributed by atoms with Gasteiger partial charge >= 0.3 is 0 Å². The van der Waals surface area contributed by atoms with Crippen molar-refractivity contribution in [2.45, 2.75) is 95.9 Å². The number of nitrogens with zero attached hydrogens (tertiary/aromatic N) is 1. The molecule has 3 unspecified atom stereocenters. The van der Waals surface area contributed by atoms with Crippen molar-refractivity contribution >= 4 is 17.2 Å². The van der Waals surface area contributed by atoms with E-state index in [-0.39, 0.29) is 5.91 Å². The molecular weight excluding hydrogens is 354 g/mol. The third kappa shape index (κ3) is 5.35. The molecule has 3 atom stereocenters. The van der Waals surface area contributed by atoms with E-state index in [1.165, 1.54) is 69.1 Å². The molecule has 0 aromatic carbocycles. The van der Waals surface area contributed by atoms with Crippen molar-refractivity contribution in [3.8, 4) is 0 Å². The maximum Gasteiger partial charge on any atom is 0.254 e. The van der Waals surface area contributed by atoms with Crippen molar-refractivity contribution in [2.75, 3.05) is 13.2 Å². The first-order valence-corrected chi connectivity index (χ1v) is 12.1. The summed E-state index contributed by atoms with van der Waals surface area (Å²) in [4.78, 5) is 16.9. The molecular formula is C23H37NO2S. The first kappa shape index (κ1) is 20.9. The molecule has 0 radical (unpaired) electrons. The maximum absolute atomic E-state index is 13.3. The van der Waals surface area contributed by atoms with Crippen LogP contribution in [0.5, 0.6) is 0 Å². The molecule has 2 fully saturated rings. The topological polar surface area (TPSA) is 40.5 Å². The highest BCUT2D eigenvalue weighted by Gasteiger charge is 2.36. The number of thiophene rings is 1. The van der Waals surface area contributed by atoms with Crippen molar-refractivity contribution in [2.24, 2.45) is 5.92 Å². The number of aliphatic hydroxyl groups is 1. The van der Waals surface area contributed by atoms with Gasteiger partial charge in [-0.25, -0.2) is 0 Å². The average Bonchev–Trinajstić information content (AvgIpc) is 3.19. The van der Waals surface area contributed by atoms with E-state index in [1.807, 2.05) is 0 Å². The zero-order valence-electron chi connectivity index (χ0n) is 17.0. The summed E-state index contributed by atoms with van der Waals surface area (Å²) in [6.45, 7) is 3.50. The number of carbonyl (C=O) groups is 1. The van der Waals surface area contributed by atoms with Gasteiger partial charge in [0.2, 0.25) is 0 Å². The van der Waals surface area contributed by atoms with Crippen LogP contribution in [0.2, 0.25) is 0 Å². The zero-order valence-corrected chi connectivity index (χ0v) is 17.8. The Balaban J connectivity index is 1.64. The highest BCUT2D eigenvalue weighted by atomic mass is 32.1. The average molecular weight is 392 g/mol. The first-order chi connectivity index (χ1) is 13.2. The van der Waals surface area contributed by atoms with E-state index >= 15 is 0 Å². The molecule has 1 aromatic heterocycles. The lowest BCUT2D eigenvalue weighted by Crippen LogP contribution is -2.49. The molecule has 1 aromatic rings. The van der Waals surface area contributed by atoms with E-state index in [0.717, 1.165) is 30.9 Å². The molecule has 1 aliphatic carbocycles. The summed E-state index contributed by atoms with van der Waals surface area (Å²) in [5.41, 5.74) is 0.928. The molecule has 1 N–H and O–H groups in total. The van der Waals surface area contributed by atoms with Gasteiger partial charge in [0.25, 0.3) is 5.91 Å². The molecule has 0 spiro atoms. The number of piperidine rings is 1. The number of hydrogen-bond acceptors (Lipinski definition) is 3. The Labute approximate surface area is 169 Å². The van der Waals surface area contributed by atoms with Crippen molar-refractivity contribution in [1.82, 2.24) is 4.90 Å². The number of unbranched alkanes of at least 4 members (excludes halogenated alkanes) is 2. The second kappa shape index (κ2) is 10.6. The second-order valence-electron chi connectivity index (χ2n) is 8.55. The van der Waals surface area contributed by atoms with E-state index in [1.54, 1.807) is 11.3 Å². The van der Waals surface area contributed by atoms with Gasteiger partial charge in [-0.2, -0.15) is 0 Å². The molecule has 2 heterocycles. The number of rotatable bonds is 9. The smallest absolute Gasteiger partial charge is 0.254 e. The lowest BCUT2D eigenvalue weighted by molar-refractivity contribution is 0.0391. The van der Waals surface area contributed by atoms with Gasteiger partial charge in [-0.15, -0.1) is 11.3 Å². The van der Waals surface area contributed by atoms with E-state index < -0.39 is 0 Å². The van der Waals surface area contributed by atoms with Crippen LogP contribution in [0.1, 0.15) is 105 Å². The van der Waals surface area contributed by atoms with Gasteiger partial charge in [0.05, 0.1) is 5.56 Å². The van der Waals surface area contributed by atoms with E-state index in [4.69, 9.17) is 5.11 Å². The predicted octanol–water partition coefficient (Wildman–Crippen LogP) is 5.98. The fourth-order valence-corrected chi connectivity index (χ4v) is 6.23. The quantitative estimate of drug-likeness (QED) is 0.526. The summed E-state index contributed by atoms with van der Waals surface area (Å²) in [6.07, 6.45) is 14.4. The minimum atomic E-state index is 0.282. The Kier molecular flexibility index (Phi) is 8.20. The van der Waals surface area contributed by atoms with Gasteiger partial charge < -0.3 is 10.0 Å². The molecule has 3 rings (SSSR count). The lowest BCUT2D eigenvalue weighted by Gasteiger charge is -2.44. The first-order valence-electron chi connectivity index (χ1n) is 11.2. The lowest BCUT2D eigenvalue weighted by atomic mass is 9.78. The molecule has 4 heteroatoms. The molecule has 1 amide bonds. The fraction of sp³-hybridized carbons (Fsp3) is 0.783. The van der Waals surface area contributed by atoms with Crippen molar-refractivity contribution in [3.05, 3.63) is 21.9 Å². The minimum Gasteiger partial charge on any atom is -0.396 e. The van der Waals surface area contributed by atoms with Crippen LogP contribution in [0.4, 0.5) is 0 Å². The molecule has 1 saturated heterocycles. The molecule has 152 valence electrons. The Morgan fingerprint density at radius 1 is 1.19 bits per heavy atom. The minimum absolute atomic E-state index is 0.282. The van der Waals surface area contributed by atoms with Gasteiger partial charge in [0.15, 0.2) is 0 Å². The summed E-state index contributed by atoms with van der Waals surface area (Å²) in [7, 11) is 0. The van der Waals surface area contributed by atoms with Crippen LogP contribution in [0.25, 0.3) is 0 Å². The Bertz CT molecular complexity index is 583. The highest BCUT2D eigenvalue weighted by molar-refractivity contribution is 7.10. The van der Waals surface area contributed by atoms with Crippen molar-refractivity contribution in [1.29, 1.82) is 0 Å². The summed E-state index contributed by atoms with van der Waals surface area (Å²) >= 11 is 1.79. The van der Waals surface area contributed by atoms with Gasteiger partial charge in [0, 0.05) is 29.5 Å². The van der Waals surface area contributed by atoms with Crippen LogP contribution in [-0.4, -0.2) is 35.1 Å². The second-order valence-corrected chi connectivity index (χ2v) is 9.49. The summed E-state index contributed by atoms with van der Waals surface area (Å²) in [5.74, 6) is 1.60. The Hall–Kier alpha value is -0.870. The molecule has 0 bridgehead atoms. The number of amides is 1. The highest BCUT2D eigenvalue weighted by Crippen LogP contribution is 2.37. The van der Waals surface area contributed by atoms with Crippen molar-refractivity contribution in [3.63, 3.8) is 0 Å². The van der Waals surface area contributed by atoms with Gasteiger partial charge in [-0.05, 0) is 62.8 Å². The molecule has 1 saturated carbocycles. The molecule has 1 aliphatic heterocycles. The summed E-state index contributed by atoms with van der Waals surface area (Å²) in [5, 5.41) is 11.1. The SMILES string of the molecule is CCCC(CCCCCO)c1cc(C(=O)N2CCCC3CCCCC32)cs1. The monoisotopic (exact) mass is 391 g/mol. The van der Waals surface area contributed by atoms with Crippen LogP contribution in [0.15, 0.2) is 11.4 Å². The van der Waals surface area contributed by atoms with Gasteiger partial charge in [0.1, 0.15) is 0 Å². The van der Waals surface area contributed by atoms with E-state index in [0.29, 0.717) is 18.6 Å². The Morgan fingerprint density at radius 3 is 2.81 bits per heavy atom. The van der Waals surface area contributed by atoms with Gasteiger partial charge in [-0.3, -0.25) is 4.79 Å². The standard InChI is InChI=1S/C23H37NO2S/c1-2-9-19(11-4-3-7-15-25)22-16-20(17-27-22)23(26)24-14-8-12-18-10-5-6-13-21(18)24/h16-19,21,25H,2-15H2,1H3. The number of hydrogen-bond donors (Lipinski definition) is 1.